The van der Waals surface area contributed by atoms with Gasteiger partial charge in [-0.05, 0) is 18.6 Å². The van der Waals surface area contributed by atoms with Crippen LogP contribution in [-0.2, 0) is 4.79 Å². The van der Waals surface area contributed by atoms with Gasteiger partial charge in [0.25, 0.3) is 5.91 Å². The fourth-order valence-electron chi connectivity index (χ4n) is 1.56. The van der Waals surface area contributed by atoms with Crippen LogP contribution in [0.15, 0.2) is 36.9 Å². The number of amides is 1. The van der Waals surface area contributed by atoms with Crippen LogP contribution < -0.4 is 14.8 Å². The van der Waals surface area contributed by atoms with E-state index in [2.05, 4.69) is 11.9 Å². The molecule has 1 heterocycles. The van der Waals surface area contributed by atoms with E-state index in [1.807, 2.05) is 18.2 Å². The molecule has 1 aromatic rings. The highest BCUT2D eigenvalue weighted by molar-refractivity contribution is 5.81. The molecular formula is C13H15NO3. The molecule has 0 saturated carbocycles. The summed E-state index contributed by atoms with van der Waals surface area (Å²) in [5.74, 6) is 1.15. The third-order valence-electron chi connectivity index (χ3n) is 2.45. The Balaban J connectivity index is 1.93. The largest absolute Gasteiger partial charge is 0.485 e. The van der Waals surface area contributed by atoms with Crippen molar-refractivity contribution in [2.24, 2.45) is 0 Å². The van der Waals surface area contributed by atoms with Crippen LogP contribution in [0.3, 0.4) is 0 Å². The molecule has 1 aromatic carbocycles. The summed E-state index contributed by atoms with van der Waals surface area (Å²) in [6.07, 6.45) is 1.93. The van der Waals surface area contributed by atoms with E-state index in [1.54, 1.807) is 12.1 Å². The van der Waals surface area contributed by atoms with Crippen LogP contribution in [-0.4, -0.2) is 25.2 Å². The van der Waals surface area contributed by atoms with Gasteiger partial charge in [-0.2, -0.15) is 0 Å². The Bertz CT molecular complexity index is 417. The van der Waals surface area contributed by atoms with Gasteiger partial charge in [-0.15, -0.1) is 6.58 Å². The predicted molar refractivity (Wildman–Crippen MR) is 64.2 cm³/mol. The Morgan fingerprint density at radius 3 is 3.00 bits per heavy atom. The van der Waals surface area contributed by atoms with Gasteiger partial charge >= 0.3 is 0 Å². The average Bonchev–Trinajstić information content (AvgIpc) is 2.38. The van der Waals surface area contributed by atoms with Crippen LogP contribution >= 0.6 is 0 Å². The number of rotatable bonds is 4. The van der Waals surface area contributed by atoms with E-state index in [1.165, 1.54) is 0 Å². The standard InChI is InChI=1S/C13H15NO3/c1-2-3-8-14-13(15)12-9-16-10-6-4-5-7-11(10)17-12/h2,4-7,12H,1,3,8-9H2,(H,14,15). The number of fused-ring (bicyclic) bond motifs is 1. The second kappa shape index (κ2) is 5.39. The molecule has 1 aliphatic rings. The molecule has 17 heavy (non-hydrogen) atoms. The quantitative estimate of drug-likeness (QED) is 0.633. The Hall–Kier alpha value is -1.97. The summed E-state index contributed by atoms with van der Waals surface area (Å²) in [5.41, 5.74) is 0. The fraction of sp³-hybridized carbons (Fsp3) is 0.308. The third-order valence-corrected chi connectivity index (χ3v) is 2.45. The van der Waals surface area contributed by atoms with Gasteiger partial charge in [-0.25, -0.2) is 0 Å². The lowest BCUT2D eigenvalue weighted by Crippen LogP contribution is -2.44. The first-order valence-electron chi connectivity index (χ1n) is 5.58. The minimum atomic E-state index is -0.574. The second-order valence-electron chi connectivity index (χ2n) is 3.73. The normalized spacial score (nSPS) is 17.3. The number of para-hydroxylation sites is 2. The maximum absolute atomic E-state index is 11.7. The highest BCUT2D eigenvalue weighted by atomic mass is 16.6. The molecule has 1 unspecified atom stereocenters. The molecule has 1 atom stereocenters. The lowest BCUT2D eigenvalue weighted by Gasteiger charge is -2.25. The summed E-state index contributed by atoms with van der Waals surface area (Å²) in [6.45, 7) is 4.41. The maximum atomic E-state index is 11.7. The number of hydrogen-bond acceptors (Lipinski definition) is 3. The third kappa shape index (κ3) is 2.78. The number of ether oxygens (including phenoxy) is 2. The summed E-state index contributed by atoms with van der Waals surface area (Å²) >= 11 is 0. The van der Waals surface area contributed by atoms with E-state index in [9.17, 15) is 4.79 Å². The molecule has 4 nitrogen and oxygen atoms in total. The first-order chi connectivity index (χ1) is 8.31. The van der Waals surface area contributed by atoms with E-state index >= 15 is 0 Å². The van der Waals surface area contributed by atoms with Crippen LogP contribution in [0.4, 0.5) is 0 Å². The molecule has 0 fully saturated rings. The summed E-state index contributed by atoms with van der Waals surface area (Å²) in [7, 11) is 0. The lowest BCUT2D eigenvalue weighted by atomic mass is 10.2. The molecule has 0 spiro atoms. The molecule has 0 bridgehead atoms. The molecule has 1 aliphatic heterocycles. The molecule has 2 rings (SSSR count). The van der Waals surface area contributed by atoms with Crippen molar-refractivity contribution < 1.29 is 14.3 Å². The van der Waals surface area contributed by atoms with Crippen LogP contribution in [0.1, 0.15) is 6.42 Å². The number of hydrogen-bond donors (Lipinski definition) is 1. The summed E-state index contributed by atoms with van der Waals surface area (Å²) in [4.78, 5) is 11.7. The predicted octanol–water partition coefficient (Wildman–Crippen LogP) is 1.52. The summed E-state index contributed by atoms with van der Waals surface area (Å²) in [6, 6.07) is 7.33. The number of carbonyl (C=O) groups excluding carboxylic acids is 1. The van der Waals surface area contributed by atoms with Crippen molar-refractivity contribution in [1.82, 2.24) is 5.32 Å². The van der Waals surface area contributed by atoms with Crippen molar-refractivity contribution in [2.45, 2.75) is 12.5 Å². The van der Waals surface area contributed by atoms with Crippen LogP contribution in [0.25, 0.3) is 0 Å². The molecule has 0 saturated heterocycles. The zero-order valence-corrected chi connectivity index (χ0v) is 9.52. The SMILES string of the molecule is C=CCCNC(=O)C1COc2ccccc2O1. The zero-order valence-electron chi connectivity index (χ0n) is 9.52. The molecule has 4 heteroatoms. The lowest BCUT2D eigenvalue weighted by molar-refractivity contribution is -0.130. The number of nitrogens with one attached hydrogen (secondary N) is 1. The zero-order chi connectivity index (χ0) is 12.1. The van der Waals surface area contributed by atoms with Gasteiger partial charge in [0.05, 0.1) is 0 Å². The van der Waals surface area contributed by atoms with Gasteiger partial charge in [0, 0.05) is 6.54 Å². The summed E-state index contributed by atoms with van der Waals surface area (Å²) in [5, 5.41) is 2.77. The van der Waals surface area contributed by atoms with Gasteiger partial charge in [-0.1, -0.05) is 18.2 Å². The Morgan fingerprint density at radius 2 is 2.24 bits per heavy atom. The Labute approximate surface area is 100 Å². The minimum absolute atomic E-state index is 0.152. The second-order valence-corrected chi connectivity index (χ2v) is 3.73. The number of benzene rings is 1. The van der Waals surface area contributed by atoms with Crippen LogP contribution in [0.2, 0.25) is 0 Å². The number of carbonyl (C=O) groups is 1. The first-order valence-corrected chi connectivity index (χ1v) is 5.58. The van der Waals surface area contributed by atoms with E-state index in [0.29, 0.717) is 18.0 Å². The molecule has 0 aromatic heterocycles. The highest BCUT2D eigenvalue weighted by Gasteiger charge is 2.26. The van der Waals surface area contributed by atoms with Gasteiger partial charge in [0.1, 0.15) is 6.61 Å². The first kappa shape index (κ1) is 11.5. The van der Waals surface area contributed by atoms with Crippen LogP contribution in [0, 0.1) is 0 Å². The Morgan fingerprint density at radius 1 is 1.47 bits per heavy atom. The fourth-order valence-corrected chi connectivity index (χ4v) is 1.56. The maximum Gasteiger partial charge on any atom is 0.264 e. The minimum Gasteiger partial charge on any atom is -0.485 e. The molecular weight excluding hydrogens is 218 g/mol. The molecule has 0 aliphatic carbocycles. The molecule has 1 amide bonds. The van der Waals surface area contributed by atoms with Crippen molar-refractivity contribution in [3.8, 4) is 11.5 Å². The molecule has 0 radical (unpaired) electrons. The van der Waals surface area contributed by atoms with Gasteiger partial charge < -0.3 is 14.8 Å². The van der Waals surface area contributed by atoms with Crippen LogP contribution in [0.5, 0.6) is 11.5 Å². The summed E-state index contributed by atoms with van der Waals surface area (Å²) < 4.78 is 11.0. The van der Waals surface area contributed by atoms with E-state index in [4.69, 9.17) is 9.47 Å². The highest BCUT2D eigenvalue weighted by Crippen LogP contribution is 2.30. The van der Waals surface area contributed by atoms with Crippen molar-refractivity contribution in [3.05, 3.63) is 36.9 Å². The van der Waals surface area contributed by atoms with Crippen molar-refractivity contribution in [2.75, 3.05) is 13.2 Å². The van der Waals surface area contributed by atoms with Gasteiger partial charge in [-0.3, -0.25) is 4.79 Å². The van der Waals surface area contributed by atoms with E-state index in [-0.39, 0.29) is 12.5 Å². The Kier molecular flexibility index (Phi) is 3.65. The van der Waals surface area contributed by atoms with Gasteiger partial charge in [0.15, 0.2) is 11.5 Å². The monoisotopic (exact) mass is 233 g/mol. The van der Waals surface area contributed by atoms with Crippen molar-refractivity contribution in [3.63, 3.8) is 0 Å². The van der Waals surface area contributed by atoms with E-state index in [0.717, 1.165) is 6.42 Å². The smallest absolute Gasteiger partial charge is 0.264 e. The topological polar surface area (TPSA) is 47.6 Å². The molecule has 1 N–H and O–H groups in total. The van der Waals surface area contributed by atoms with Gasteiger partial charge in [0.2, 0.25) is 6.10 Å². The average molecular weight is 233 g/mol. The van der Waals surface area contributed by atoms with Crippen molar-refractivity contribution in [1.29, 1.82) is 0 Å². The molecule has 90 valence electrons. The van der Waals surface area contributed by atoms with E-state index < -0.39 is 6.10 Å². The van der Waals surface area contributed by atoms with Crippen molar-refractivity contribution >= 4 is 5.91 Å².